The lowest BCUT2D eigenvalue weighted by Crippen LogP contribution is -2.54. The van der Waals surface area contributed by atoms with Crippen LogP contribution in [-0.2, 0) is 5.54 Å². The monoisotopic (exact) mass is 236 g/mol. The molecule has 17 heavy (non-hydrogen) atoms. The molecule has 0 amide bonds. The maximum atomic E-state index is 9.74. The molecule has 1 aliphatic heterocycles. The van der Waals surface area contributed by atoms with Crippen molar-refractivity contribution in [2.75, 3.05) is 32.8 Å². The van der Waals surface area contributed by atoms with Crippen molar-refractivity contribution in [3.05, 3.63) is 29.8 Å². The fraction of sp³-hybridized carbons (Fsp3) is 0.538. The zero-order valence-electron chi connectivity index (χ0n) is 10.2. The highest BCUT2D eigenvalue weighted by Gasteiger charge is 2.33. The van der Waals surface area contributed by atoms with Gasteiger partial charge in [-0.25, -0.2) is 0 Å². The summed E-state index contributed by atoms with van der Waals surface area (Å²) in [7, 11) is 0. The van der Waals surface area contributed by atoms with Crippen LogP contribution >= 0.6 is 0 Å². The number of hydrogen-bond acceptors (Lipinski definition) is 4. The molecule has 1 atom stereocenters. The van der Waals surface area contributed by atoms with Gasteiger partial charge in [-0.05, 0) is 24.6 Å². The minimum absolute atomic E-state index is 0.0520. The maximum Gasteiger partial charge on any atom is 0.115 e. The summed E-state index contributed by atoms with van der Waals surface area (Å²) in [6.45, 7) is 5.77. The summed E-state index contributed by atoms with van der Waals surface area (Å²) in [5, 5.41) is 22.6. The normalized spacial score (nSPS) is 21.1. The van der Waals surface area contributed by atoms with Crippen LogP contribution < -0.4 is 5.32 Å². The molecule has 3 N–H and O–H groups in total. The molecule has 1 aromatic rings. The van der Waals surface area contributed by atoms with Crippen LogP contribution in [0.3, 0.4) is 0 Å². The minimum Gasteiger partial charge on any atom is -0.508 e. The average molecular weight is 236 g/mol. The van der Waals surface area contributed by atoms with Crippen LogP contribution in [0.25, 0.3) is 0 Å². The van der Waals surface area contributed by atoms with E-state index in [1.54, 1.807) is 12.1 Å². The second kappa shape index (κ2) is 5.04. The van der Waals surface area contributed by atoms with Crippen molar-refractivity contribution in [1.82, 2.24) is 10.2 Å². The van der Waals surface area contributed by atoms with Gasteiger partial charge in [0.25, 0.3) is 0 Å². The van der Waals surface area contributed by atoms with Gasteiger partial charge in [0.2, 0.25) is 0 Å². The Morgan fingerprint density at radius 1 is 1.35 bits per heavy atom. The summed E-state index contributed by atoms with van der Waals surface area (Å²) in [6, 6.07) is 7.16. The summed E-state index contributed by atoms with van der Waals surface area (Å²) < 4.78 is 0. The fourth-order valence-corrected chi connectivity index (χ4v) is 2.37. The van der Waals surface area contributed by atoms with Crippen LogP contribution in [-0.4, -0.2) is 47.9 Å². The summed E-state index contributed by atoms with van der Waals surface area (Å²) in [5.41, 5.74) is 0.544. The van der Waals surface area contributed by atoms with E-state index in [-0.39, 0.29) is 12.4 Å². The molecular formula is C13H20N2O2. The first-order valence-corrected chi connectivity index (χ1v) is 6.03. The van der Waals surface area contributed by atoms with Crippen molar-refractivity contribution in [1.29, 1.82) is 0 Å². The van der Waals surface area contributed by atoms with Crippen molar-refractivity contribution in [3.63, 3.8) is 0 Å². The van der Waals surface area contributed by atoms with Crippen LogP contribution in [0, 0.1) is 0 Å². The quantitative estimate of drug-likeness (QED) is 0.715. The summed E-state index contributed by atoms with van der Waals surface area (Å²) in [4.78, 5) is 2.26. The Balaban J connectivity index is 2.29. The van der Waals surface area contributed by atoms with Gasteiger partial charge >= 0.3 is 0 Å². The smallest absolute Gasteiger partial charge is 0.115 e. The molecule has 0 bridgehead atoms. The van der Waals surface area contributed by atoms with E-state index in [0.29, 0.717) is 0 Å². The third-order valence-electron chi connectivity index (χ3n) is 3.59. The Labute approximate surface area is 102 Å². The van der Waals surface area contributed by atoms with Gasteiger partial charge in [0, 0.05) is 26.2 Å². The molecule has 0 saturated carbocycles. The van der Waals surface area contributed by atoms with Crippen LogP contribution in [0.15, 0.2) is 24.3 Å². The van der Waals surface area contributed by atoms with Crippen molar-refractivity contribution < 1.29 is 10.2 Å². The van der Waals surface area contributed by atoms with Crippen LogP contribution in [0.1, 0.15) is 12.5 Å². The van der Waals surface area contributed by atoms with Gasteiger partial charge in [-0.3, -0.25) is 4.90 Å². The van der Waals surface area contributed by atoms with E-state index in [4.69, 9.17) is 0 Å². The molecule has 1 heterocycles. The molecular weight excluding hydrogens is 216 g/mol. The molecule has 0 aromatic heterocycles. The van der Waals surface area contributed by atoms with Crippen molar-refractivity contribution in [3.8, 4) is 5.75 Å². The lowest BCUT2D eigenvalue weighted by Gasteiger charge is -2.42. The standard InChI is InChI=1S/C13H20N2O2/c1-13(10-16,15-7-5-14-6-8-15)11-3-2-4-12(17)9-11/h2-4,9,14,16-17H,5-8,10H2,1H3. The predicted octanol–water partition coefficient (Wildman–Crippen LogP) is 0.505. The van der Waals surface area contributed by atoms with Gasteiger partial charge < -0.3 is 15.5 Å². The Kier molecular flexibility index (Phi) is 3.66. The molecule has 0 spiro atoms. The summed E-state index contributed by atoms with van der Waals surface area (Å²) in [6.07, 6.45) is 0. The number of phenols is 1. The number of aliphatic hydroxyl groups is 1. The number of aromatic hydroxyl groups is 1. The highest BCUT2D eigenvalue weighted by Crippen LogP contribution is 2.30. The number of nitrogens with one attached hydrogen (secondary N) is 1. The first-order valence-electron chi connectivity index (χ1n) is 6.03. The van der Waals surface area contributed by atoms with Crippen molar-refractivity contribution in [2.45, 2.75) is 12.5 Å². The Hall–Kier alpha value is -1.10. The van der Waals surface area contributed by atoms with Crippen LogP contribution in [0.2, 0.25) is 0 Å². The number of phenolic OH excluding ortho intramolecular Hbond substituents is 1. The molecule has 1 aliphatic rings. The van der Waals surface area contributed by atoms with Gasteiger partial charge in [0.05, 0.1) is 12.1 Å². The first kappa shape index (κ1) is 12.4. The molecule has 4 heteroatoms. The maximum absolute atomic E-state index is 9.74. The zero-order chi connectivity index (χ0) is 12.3. The van der Waals surface area contributed by atoms with Crippen LogP contribution in [0.5, 0.6) is 5.75 Å². The molecule has 2 rings (SSSR count). The molecule has 1 unspecified atom stereocenters. The highest BCUT2D eigenvalue weighted by atomic mass is 16.3. The lowest BCUT2D eigenvalue weighted by atomic mass is 9.90. The van der Waals surface area contributed by atoms with E-state index in [9.17, 15) is 10.2 Å². The number of benzene rings is 1. The van der Waals surface area contributed by atoms with Gasteiger partial charge in [-0.2, -0.15) is 0 Å². The molecule has 94 valence electrons. The van der Waals surface area contributed by atoms with Gasteiger partial charge in [-0.15, -0.1) is 0 Å². The Morgan fingerprint density at radius 3 is 2.65 bits per heavy atom. The predicted molar refractivity (Wildman–Crippen MR) is 67.0 cm³/mol. The SMILES string of the molecule is CC(CO)(c1cccc(O)c1)N1CCNCC1. The van der Waals surface area contributed by atoms with E-state index in [2.05, 4.69) is 10.2 Å². The second-order valence-electron chi connectivity index (χ2n) is 4.72. The number of nitrogens with zero attached hydrogens (tertiary/aromatic N) is 1. The number of rotatable bonds is 3. The van der Waals surface area contributed by atoms with Gasteiger partial charge in [0.1, 0.15) is 5.75 Å². The van der Waals surface area contributed by atoms with E-state index >= 15 is 0 Å². The van der Waals surface area contributed by atoms with E-state index < -0.39 is 5.54 Å². The first-order chi connectivity index (χ1) is 8.16. The zero-order valence-corrected chi connectivity index (χ0v) is 10.2. The van der Waals surface area contributed by atoms with Gasteiger partial charge in [0.15, 0.2) is 0 Å². The van der Waals surface area contributed by atoms with E-state index in [1.807, 2.05) is 19.1 Å². The molecule has 0 aliphatic carbocycles. The molecule has 1 aromatic carbocycles. The minimum atomic E-state index is -0.416. The molecule has 4 nitrogen and oxygen atoms in total. The summed E-state index contributed by atoms with van der Waals surface area (Å²) >= 11 is 0. The Bertz CT molecular complexity index is 377. The molecule has 1 saturated heterocycles. The third kappa shape index (κ3) is 2.44. The van der Waals surface area contributed by atoms with Crippen LogP contribution in [0.4, 0.5) is 0 Å². The van der Waals surface area contributed by atoms with E-state index in [1.165, 1.54) is 0 Å². The molecule has 1 fully saturated rings. The fourth-order valence-electron chi connectivity index (χ4n) is 2.37. The van der Waals surface area contributed by atoms with Crippen molar-refractivity contribution >= 4 is 0 Å². The van der Waals surface area contributed by atoms with E-state index in [0.717, 1.165) is 31.7 Å². The number of hydrogen-bond donors (Lipinski definition) is 3. The second-order valence-corrected chi connectivity index (χ2v) is 4.72. The van der Waals surface area contributed by atoms with Crippen molar-refractivity contribution in [2.24, 2.45) is 0 Å². The molecule has 0 radical (unpaired) electrons. The third-order valence-corrected chi connectivity index (χ3v) is 3.59. The average Bonchev–Trinajstić information content (AvgIpc) is 2.39. The summed E-state index contributed by atoms with van der Waals surface area (Å²) in [5.74, 6) is 0.248. The van der Waals surface area contributed by atoms with Gasteiger partial charge in [-0.1, -0.05) is 12.1 Å². The largest absolute Gasteiger partial charge is 0.508 e. The topological polar surface area (TPSA) is 55.7 Å². The number of aliphatic hydroxyl groups excluding tert-OH is 1. The Morgan fingerprint density at radius 2 is 2.06 bits per heavy atom. The highest BCUT2D eigenvalue weighted by molar-refractivity contribution is 5.32. The number of piperazine rings is 1. The lowest BCUT2D eigenvalue weighted by molar-refractivity contribution is 0.0310.